The van der Waals surface area contributed by atoms with Crippen LogP contribution in [0.15, 0.2) is 6.20 Å². The Kier molecular flexibility index (Phi) is 6.69. The van der Waals surface area contributed by atoms with Crippen molar-refractivity contribution in [2.75, 3.05) is 51.3 Å². The lowest BCUT2D eigenvalue weighted by molar-refractivity contribution is 0.0322. The molecule has 1 aromatic rings. The van der Waals surface area contributed by atoms with Crippen molar-refractivity contribution in [3.63, 3.8) is 0 Å². The molecule has 0 aliphatic carbocycles. The maximum absolute atomic E-state index is 5.86. The third-order valence-electron chi connectivity index (χ3n) is 3.47. The summed E-state index contributed by atoms with van der Waals surface area (Å²) in [7, 11) is 0. The molecule has 1 saturated heterocycles. The van der Waals surface area contributed by atoms with Gasteiger partial charge in [-0.05, 0) is 13.3 Å². The zero-order chi connectivity index (χ0) is 14.9. The predicted molar refractivity (Wildman–Crippen MR) is 82.9 cm³/mol. The summed E-state index contributed by atoms with van der Waals surface area (Å²) in [6, 6.07) is 0. The Bertz CT molecular complexity index is 422. The number of aromatic nitrogens is 2. The highest BCUT2D eigenvalue weighted by molar-refractivity contribution is 5.48. The molecule has 0 amide bonds. The van der Waals surface area contributed by atoms with Gasteiger partial charge in [-0.3, -0.25) is 4.90 Å². The molecule has 1 aliphatic heterocycles. The van der Waals surface area contributed by atoms with Crippen LogP contribution in [0.2, 0.25) is 0 Å². The molecule has 1 N–H and O–H groups in total. The second kappa shape index (κ2) is 8.79. The third-order valence-corrected chi connectivity index (χ3v) is 3.47. The van der Waals surface area contributed by atoms with Crippen LogP contribution in [0, 0.1) is 6.92 Å². The van der Waals surface area contributed by atoms with Crippen LogP contribution in [0.1, 0.15) is 25.6 Å². The van der Waals surface area contributed by atoms with Gasteiger partial charge in [-0.1, -0.05) is 13.3 Å². The standard InChI is InChI=1S/C15H26N4O2/c1-3-4-5-16-15-14(12-17-13(2)18-15)21-11-8-19-6-9-20-10-7-19/h12H,3-11H2,1-2H3,(H,16,17,18). The molecule has 1 fully saturated rings. The summed E-state index contributed by atoms with van der Waals surface area (Å²) in [5.74, 6) is 2.30. The summed E-state index contributed by atoms with van der Waals surface area (Å²) < 4.78 is 11.2. The number of anilines is 1. The van der Waals surface area contributed by atoms with Crippen LogP contribution < -0.4 is 10.1 Å². The van der Waals surface area contributed by atoms with Gasteiger partial charge in [0.15, 0.2) is 11.6 Å². The number of hydrogen-bond donors (Lipinski definition) is 1. The summed E-state index contributed by atoms with van der Waals surface area (Å²) in [5, 5.41) is 3.33. The molecule has 2 rings (SSSR count). The molecule has 0 spiro atoms. The van der Waals surface area contributed by atoms with Gasteiger partial charge < -0.3 is 14.8 Å². The highest BCUT2D eigenvalue weighted by atomic mass is 16.5. The number of rotatable bonds is 8. The SMILES string of the molecule is CCCCNc1nc(C)ncc1OCCN1CCOCC1. The Morgan fingerprint density at radius 2 is 2.19 bits per heavy atom. The quantitative estimate of drug-likeness (QED) is 0.737. The van der Waals surface area contributed by atoms with Crippen LogP contribution in [-0.2, 0) is 4.74 Å². The highest BCUT2D eigenvalue weighted by Crippen LogP contribution is 2.20. The molecule has 1 aromatic heterocycles. The van der Waals surface area contributed by atoms with Crippen LogP contribution in [0.5, 0.6) is 5.75 Å². The molecule has 0 unspecified atom stereocenters. The monoisotopic (exact) mass is 294 g/mol. The summed E-state index contributed by atoms with van der Waals surface area (Å²) in [5.41, 5.74) is 0. The van der Waals surface area contributed by atoms with Crippen molar-refractivity contribution in [2.45, 2.75) is 26.7 Å². The van der Waals surface area contributed by atoms with Crippen molar-refractivity contribution in [3.05, 3.63) is 12.0 Å². The van der Waals surface area contributed by atoms with E-state index in [-0.39, 0.29) is 0 Å². The molecule has 21 heavy (non-hydrogen) atoms. The van der Waals surface area contributed by atoms with E-state index in [1.807, 2.05) is 6.92 Å². The van der Waals surface area contributed by atoms with Crippen LogP contribution in [0.4, 0.5) is 5.82 Å². The molecule has 0 bridgehead atoms. The second-order valence-corrected chi connectivity index (χ2v) is 5.21. The number of hydrogen-bond acceptors (Lipinski definition) is 6. The van der Waals surface area contributed by atoms with Crippen LogP contribution in [-0.4, -0.2) is 60.9 Å². The first-order valence-corrected chi connectivity index (χ1v) is 7.80. The Labute approximate surface area is 126 Å². The van der Waals surface area contributed by atoms with E-state index in [0.29, 0.717) is 6.61 Å². The Balaban J connectivity index is 1.82. The smallest absolute Gasteiger partial charge is 0.179 e. The third kappa shape index (κ3) is 5.47. The van der Waals surface area contributed by atoms with Crippen LogP contribution in [0.25, 0.3) is 0 Å². The lowest BCUT2D eigenvalue weighted by atomic mass is 10.3. The van der Waals surface area contributed by atoms with Gasteiger partial charge in [0.1, 0.15) is 12.4 Å². The van der Waals surface area contributed by atoms with Crippen molar-refractivity contribution < 1.29 is 9.47 Å². The van der Waals surface area contributed by atoms with Gasteiger partial charge in [0, 0.05) is 26.2 Å². The first-order valence-electron chi connectivity index (χ1n) is 7.80. The van der Waals surface area contributed by atoms with Gasteiger partial charge in [0.05, 0.1) is 19.4 Å². The van der Waals surface area contributed by atoms with Crippen molar-refractivity contribution in [1.82, 2.24) is 14.9 Å². The van der Waals surface area contributed by atoms with E-state index < -0.39 is 0 Å². The number of ether oxygens (including phenoxy) is 2. The normalized spacial score (nSPS) is 15.9. The molecular weight excluding hydrogens is 268 g/mol. The molecule has 0 atom stereocenters. The predicted octanol–water partition coefficient (Wildman–Crippen LogP) is 1.71. The average Bonchev–Trinajstić information content (AvgIpc) is 2.51. The second-order valence-electron chi connectivity index (χ2n) is 5.21. The van der Waals surface area contributed by atoms with Crippen molar-refractivity contribution in [2.24, 2.45) is 0 Å². The van der Waals surface area contributed by atoms with Gasteiger partial charge in [-0.15, -0.1) is 0 Å². The molecule has 0 aromatic carbocycles. The fourth-order valence-corrected chi connectivity index (χ4v) is 2.18. The van der Waals surface area contributed by atoms with Crippen molar-refractivity contribution in [1.29, 1.82) is 0 Å². The van der Waals surface area contributed by atoms with Gasteiger partial charge in [0.25, 0.3) is 0 Å². The van der Waals surface area contributed by atoms with E-state index >= 15 is 0 Å². The summed E-state index contributed by atoms with van der Waals surface area (Å²) in [4.78, 5) is 11.0. The molecular formula is C15H26N4O2. The van der Waals surface area contributed by atoms with Gasteiger partial charge in [-0.2, -0.15) is 0 Å². The summed E-state index contributed by atoms with van der Waals surface area (Å²) in [6.07, 6.45) is 4.04. The maximum atomic E-state index is 5.86. The van der Waals surface area contributed by atoms with E-state index in [2.05, 4.69) is 27.1 Å². The largest absolute Gasteiger partial charge is 0.487 e. The average molecular weight is 294 g/mol. The molecule has 2 heterocycles. The minimum atomic E-state index is 0.648. The van der Waals surface area contributed by atoms with E-state index in [1.165, 1.54) is 0 Å². The van der Waals surface area contributed by atoms with Gasteiger partial charge in [0.2, 0.25) is 0 Å². The summed E-state index contributed by atoms with van der Waals surface area (Å²) in [6.45, 7) is 10.1. The Morgan fingerprint density at radius 3 is 2.95 bits per heavy atom. The number of unbranched alkanes of at least 4 members (excludes halogenated alkanes) is 1. The molecule has 118 valence electrons. The first-order chi connectivity index (χ1) is 10.3. The zero-order valence-electron chi connectivity index (χ0n) is 13.1. The van der Waals surface area contributed by atoms with Gasteiger partial charge >= 0.3 is 0 Å². The number of morpholine rings is 1. The van der Waals surface area contributed by atoms with E-state index in [4.69, 9.17) is 9.47 Å². The summed E-state index contributed by atoms with van der Waals surface area (Å²) >= 11 is 0. The maximum Gasteiger partial charge on any atom is 0.179 e. The van der Waals surface area contributed by atoms with Gasteiger partial charge in [-0.25, -0.2) is 9.97 Å². The highest BCUT2D eigenvalue weighted by Gasteiger charge is 2.11. The minimum absolute atomic E-state index is 0.648. The van der Waals surface area contributed by atoms with E-state index in [1.54, 1.807) is 6.20 Å². The Morgan fingerprint density at radius 1 is 1.38 bits per heavy atom. The van der Waals surface area contributed by atoms with E-state index in [0.717, 1.165) is 69.6 Å². The molecule has 0 radical (unpaired) electrons. The lowest BCUT2D eigenvalue weighted by Gasteiger charge is -2.26. The van der Waals surface area contributed by atoms with Crippen molar-refractivity contribution in [3.8, 4) is 5.75 Å². The number of aryl methyl sites for hydroxylation is 1. The number of nitrogens with zero attached hydrogens (tertiary/aromatic N) is 3. The number of nitrogens with one attached hydrogen (secondary N) is 1. The Hall–Kier alpha value is -1.40. The molecule has 6 nitrogen and oxygen atoms in total. The lowest BCUT2D eigenvalue weighted by Crippen LogP contribution is -2.38. The topological polar surface area (TPSA) is 59.5 Å². The zero-order valence-corrected chi connectivity index (χ0v) is 13.1. The van der Waals surface area contributed by atoms with Crippen molar-refractivity contribution >= 4 is 5.82 Å². The first kappa shape index (κ1) is 16.0. The fraction of sp³-hybridized carbons (Fsp3) is 0.733. The van der Waals surface area contributed by atoms with E-state index in [9.17, 15) is 0 Å². The molecule has 6 heteroatoms. The molecule has 0 saturated carbocycles. The minimum Gasteiger partial charge on any atom is -0.487 e. The molecule has 1 aliphatic rings. The van der Waals surface area contributed by atoms with Crippen LogP contribution >= 0.6 is 0 Å². The van der Waals surface area contributed by atoms with Crippen LogP contribution in [0.3, 0.4) is 0 Å². The fourth-order valence-electron chi connectivity index (χ4n) is 2.18.